The first kappa shape index (κ1) is 13.9. The molecule has 9 heteroatoms. The van der Waals surface area contributed by atoms with Crippen LogP contribution in [0.25, 0.3) is 0 Å². The van der Waals surface area contributed by atoms with Crippen LogP contribution >= 0.6 is 11.8 Å². The lowest BCUT2D eigenvalue weighted by atomic mass is 10.5. The molecule has 0 aliphatic rings. The molecule has 2 N–H and O–H groups in total. The Kier molecular flexibility index (Phi) is 4.86. The van der Waals surface area contributed by atoms with Gasteiger partial charge in [0.25, 0.3) is 0 Å². The third-order valence-electron chi connectivity index (χ3n) is 2.66. The monoisotopic (exact) mass is 282 g/mol. The molecule has 2 aromatic rings. The second-order valence-corrected chi connectivity index (χ2v) is 4.90. The van der Waals surface area contributed by atoms with Gasteiger partial charge in [-0.25, -0.2) is 4.68 Å². The standard InChI is InChI=1S/C10H18N8S/c1-3-5-18-9(13-15-16-18)7-19-10-14-12-8(6-11)17(10)4-2/h3-7,11H2,1-2H3. The number of nitrogens with two attached hydrogens (primary N) is 1. The summed E-state index contributed by atoms with van der Waals surface area (Å²) >= 11 is 1.58. The first-order valence-electron chi connectivity index (χ1n) is 6.30. The third kappa shape index (κ3) is 3.10. The number of aromatic nitrogens is 7. The Hall–Kier alpha value is -1.48. The van der Waals surface area contributed by atoms with Crippen molar-refractivity contribution in [1.82, 2.24) is 35.0 Å². The van der Waals surface area contributed by atoms with Gasteiger partial charge in [0, 0.05) is 13.1 Å². The van der Waals surface area contributed by atoms with Crippen LogP contribution in [0.15, 0.2) is 5.16 Å². The average Bonchev–Trinajstić information content (AvgIpc) is 3.02. The summed E-state index contributed by atoms with van der Waals surface area (Å²) in [5.74, 6) is 2.33. The van der Waals surface area contributed by atoms with Crippen molar-refractivity contribution in [1.29, 1.82) is 0 Å². The van der Waals surface area contributed by atoms with Gasteiger partial charge in [0.1, 0.15) is 5.82 Å². The highest BCUT2D eigenvalue weighted by atomic mass is 32.2. The minimum absolute atomic E-state index is 0.398. The van der Waals surface area contributed by atoms with Gasteiger partial charge < -0.3 is 10.3 Å². The van der Waals surface area contributed by atoms with Gasteiger partial charge in [-0.2, -0.15) is 0 Å². The Morgan fingerprint density at radius 2 is 2.00 bits per heavy atom. The number of hydrogen-bond donors (Lipinski definition) is 1. The van der Waals surface area contributed by atoms with E-state index in [0.29, 0.717) is 12.3 Å². The minimum Gasteiger partial charge on any atom is -0.324 e. The topological polar surface area (TPSA) is 100 Å². The van der Waals surface area contributed by atoms with E-state index in [0.717, 1.165) is 36.3 Å². The third-order valence-corrected chi connectivity index (χ3v) is 3.63. The van der Waals surface area contributed by atoms with E-state index in [-0.39, 0.29) is 0 Å². The highest BCUT2D eigenvalue weighted by Gasteiger charge is 2.12. The van der Waals surface area contributed by atoms with Crippen molar-refractivity contribution in [2.75, 3.05) is 0 Å². The summed E-state index contributed by atoms with van der Waals surface area (Å²) in [5.41, 5.74) is 5.62. The maximum atomic E-state index is 5.62. The molecule has 0 atom stereocenters. The van der Waals surface area contributed by atoms with Gasteiger partial charge in [0.2, 0.25) is 0 Å². The Morgan fingerprint density at radius 3 is 2.68 bits per heavy atom. The molecule has 8 nitrogen and oxygen atoms in total. The van der Waals surface area contributed by atoms with Gasteiger partial charge in [0.15, 0.2) is 11.0 Å². The van der Waals surface area contributed by atoms with Crippen LogP contribution in [-0.2, 0) is 25.4 Å². The normalized spacial score (nSPS) is 11.1. The molecule has 104 valence electrons. The Labute approximate surface area is 115 Å². The van der Waals surface area contributed by atoms with Crippen LogP contribution in [0.1, 0.15) is 31.9 Å². The van der Waals surface area contributed by atoms with Gasteiger partial charge in [-0.1, -0.05) is 18.7 Å². The Balaban J connectivity index is 2.06. The zero-order valence-corrected chi connectivity index (χ0v) is 12.0. The number of aryl methyl sites for hydroxylation is 1. The van der Waals surface area contributed by atoms with E-state index in [9.17, 15) is 0 Å². The average molecular weight is 282 g/mol. The second kappa shape index (κ2) is 6.62. The van der Waals surface area contributed by atoms with Gasteiger partial charge in [-0.05, 0) is 23.8 Å². The molecule has 0 saturated carbocycles. The van der Waals surface area contributed by atoms with E-state index < -0.39 is 0 Å². The summed E-state index contributed by atoms with van der Waals surface area (Å²) in [6, 6.07) is 0. The van der Waals surface area contributed by atoms with Crippen LogP contribution < -0.4 is 5.73 Å². The highest BCUT2D eigenvalue weighted by molar-refractivity contribution is 7.98. The molecule has 2 heterocycles. The fourth-order valence-corrected chi connectivity index (χ4v) is 2.69. The zero-order chi connectivity index (χ0) is 13.7. The van der Waals surface area contributed by atoms with Crippen molar-refractivity contribution in [3.05, 3.63) is 11.6 Å². The summed E-state index contributed by atoms with van der Waals surface area (Å²) in [4.78, 5) is 0. The molecule has 0 saturated heterocycles. The molecule has 0 bridgehead atoms. The van der Waals surface area contributed by atoms with Gasteiger partial charge in [-0.3, -0.25) is 0 Å². The molecular weight excluding hydrogens is 264 g/mol. The lowest BCUT2D eigenvalue weighted by Gasteiger charge is -2.05. The predicted molar refractivity (Wildman–Crippen MR) is 71.3 cm³/mol. The molecule has 0 amide bonds. The largest absolute Gasteiger partial charge is 0.324 e. The molecule has 2 rings (SSSR count). The fourth-order valence-electron chi connectivity index (χ4n) is 1.74. The molecule has 0 aliphatic carbocycles. The van der Waals surface area contributed by atoms with E-state index in [2.05, 4.69) is 32.6 Å². The van der Waals surface area contributed by atoms with Crippen LogP contribution in [0.5, 0.6) is 0 Å². The van der Waals surface area contributed by atoms with Crippen LogP contribution in [0.3, 0.4) is 0 Å². The molecule has 0 unspecified atom stereocenters. The van der Waals surface area contributed by atoms with Crippen LogP contribution in [0.2, 0.25) is 0 Å². The van der Waals surface area contributed by atoms with Crippen molar-refractivity contribution in [3.63, 3.8) is 0 Å². The Bertz CT molecular complexity index is 519. The molecule has 0 radical (unpaired) electrons. The molecule has 2 aromatic heterocycles. The van der Waals surface area contributed by atoms with Crippen LogP contribution in [-0.4, -0.2) is 35.0 Å². The smallest absolute Gasteiger partial charge is 0.191 e. The maximum absolute atomic E-state index is 5.62. The number of hydrogen-bond acceptors (Lipinski definition) is 7. The van der Waals surface area contributed by atoms with E-state index in [1.807, 2.05) is 16.2 Å². The quantitative estimate of drug-likeness (QED) is 0.735. The first-order valence-corrected chi connectivity index (χ1v) is 7.28. The van der Waals surface area contributed by atoms with E-state index in [1.54, 1.807) is 11.8 Å². The van der Waals surface area contributed by atoms with Crippen molar-refractivity contribution in [2.24, 2.45) is 5.73 Å². The molecular formula is C10H18N8S. The number of tetrazole rings is 1. The van der Waals surface area contributed by atoms with Gasteiger partial charge in [-0.15, -0.1) is 15.3 Å². The summed E-state index contributed by atoms with van der Waals surface area (Å²) in [7, 11) is 0. The van der Waals surface area contributed by atoms with Crippen LogP contribution in [0, 0.1) is 0 Å². The lowest BCUT2D eigenvalue weighted by molar-refractivity contribution is 0.564. The molecule has 0 aliphatic heterocycles. The molecule has 0 fully saturated rings. The van der Waals surface area contributed by atoms with Crippen molar-refractivity contribution < 1.29 is 0 Å². The zero-order valence-electron chi connectivity index (χ0n) is 11.2. The summed E-state index contributed by atoms with van der Waals surface area (Å²) in [6.07, 6.45) is 1.01. The second-order valence-electron chi connectivity index (χ2n) is 3.95. The number of nitrogens with zero attached hydrogens (tertiary/aromatic N) is 7. The predicted octanol–water partition coefficient (Wildman–Crippen LogP) is 0.445. The van der Waals surface area contributed by atoms with Crippen molar-refractivity contribution in [2.45, 2.75) is 50.8 Å². The van der Waals surface area contributed by atoms with Gasteiger partial charge in [0.05, 0.1) is 12.3 Å². The summed E-state index contributed by atoms with van der Waals surface area (Å²) in [6.45, 7) is 6.18. The number of thioether (sulfide) groups is 1. The summed E-state index contributed by atoms with van der Waals surface area (Å²) in [5, 5.41) is 20.8. The van der Waals surface area contributed by atoms with E-state index in [4.69, 9.17) is 5.73 Å². The van der Waals surface area contributed by atoms with Crippen molar-refractivity contribution in [3.8, 4) is 0 Å². The minimum atomic E-state index is 0.398. The SMILES string of the molecule is CCCn1nnnc1CSc1nnc(CN)n1CC. The van der Waals surface area contributed by atoms with Crippen LogP contribution in [0.4, 0.5) is 0 Å². The molecule has 19 heavy (non-hydrogen) atoms. The van der Waals surface area contributed by atoms with Crippen molar-refractivity contribution >= 4 is 11.8 Å². The maximum Gasteiger partial charge on any atom is 0.191 e. The Morgan fingerprint density at radius 1 is 1.16 bits per heavy atom. The summed E-state index contributed by atoms with van der Waals surface area (Å²) < 4.78 is 3.84. The fraction of sp³-hybridized carbons (Fsp3) is 0.700. The lowest BCUT2D eigenvalue weighted by Crippen LogP contribution is -2.08. The molecule has 0 spiro atoms. The van der Waals surface area contributed by atoms with E-state index >= 15 is 0 Å². The number of rotatable bonds is 7. The highest BCUT2D eigenvalue weighted by Crippen LogP contribution is 2.20. The molecule has 0 aromatic carbocycles. The van der Waals surface area contributed by atoms with E-state index in [1.165, 1.54) is 0 Å². The first-order chi connectivity index (χ1) is 9.30. The van der Waals surface area contributed by atoms with Gasteiger partial charge >= 0.3 is 0 Å².